The second kappa shape index (κ2) is 7.73. The summed E-state index contributed by atoms with van der Waals surface area (Å²) in [5.74, 6) is -0.0551. The van der Waals surface area contributed by atoms with E-state index in [2.05, 4.69) is 15.4 Å². The van der Waals surface area contributed by atoms with Crippen molar-refractivity contribution in [2.45, 2.75) is 12.8 Å². The number of nitrogens with zero attached hydrogens (tertiary/aromatic N) is 4. The molecular weight excluding hydrogens is 415 g/mol. The highest BCUT2D eigenvalue weighted by Gasteiger charge is 2.23. The molecule has 1 aromatic carbocycles. The molecule has 10 heteroatoms. The minimum atomic E-state index is -0.707. The number of para-hydroxylation sites is 1. The van der Waals surface area contributed by atoms with Crippen LogP contribution >= 0.6 is 23.2 Å². The first-order valence-corrected chi connectivity index (χ1v) is 9.57. The number of nitrogens with one attached hydrogen (secondary N) is 1. The third-order valence-corrected chi connectivity index (χ3v) is 5.10. The number of pyridine rings is 1. The SMILES string of the molecule is NC(=O)c1nn(-c2c(Cl)cccc2Cl)cc1Nc1ccc(N2CCCC2=O)nc1. The summed E-state index contributed by atoms with van der Waals surface area (Å²) >= 11 is 12.5. The lowest BCUT2D eigenvalue weighted by molar-refractivity contribution is -0.117. The van der Waals surface area contributed by atoms with E-state index in [1.807, 2.05) is 0 Å². The van der Waals surface area contributed by atoms with Crippen molar-refractivity contribution in [2.75, 3.05) is 16.8 Å². The fourth-order valence-electron chi connectivity index (χ4n) is 3.14. The summed E-state index contributed by atoms with van der Waals surface area (Å²) in [5.41, 5.74) is 6.92. The number of amides is 2. The van der Waals surface area contributed by atoms with E-state index in [0.29, 0.717) is 45.9 Å². The van der Waals surface area contributed by atoms with Crippen LogP contribution in [-0.2, 0) is 4.79 Å². The van der Waals surface area contributed by atoms with E-state index in [9.17, 15) is 9.59 Å². The van der Waals surface area contributed by atoms with E-state index < -0.39 is 5.91 Å². The van der Waals surface area contributed by atoms with Crippen LogP contribution < -0.4 is 16.0 Å². The van der Waals surface area contributed by atoms with Gasteiger partial charge in [0.2, 0.25) is 5.91 Å². The van der Waals surface area contributed by atoms with Crippen molar-refractivity contribution in [1.82, 2.24) is 14.8 Å². The minimum absolute atomic E-state index is 0.0276. The fourth-order valence-corrected chi connectivity index (χ4v) is 3.71. The second-order valence-electron chi connectivity index (χ2n) is 6.45. The Hall–Kier alpha value is -3.10. The molecule has 3 aromatic rings. The van der Waals surface area contributed by atoms with Crippen LogP contribution in [0.3, 0.4) is 0 Å². The average Bonchev–Trinajstić information content (AvgIpc) is 3.29. The Kier molecular flexibility index (Phi) is 5.12. The molecule has 0 atom stereocenters. The maximum absolute atomic E-state index is 11.9. The van der Waals surface area contributed by atoms with Crippen molar-refractivity contribution >= 4 is 52.2 Å². The lowest BCUT2D eigenvalue weighted by Gasteiger charge is -2.14. The van der Waals surface area contributed by atoms with Crippen LogP contribution in [-0.4, -0.2) is 33.1 Å². The van der Waals surface area contributed by atoms with Gasteiger partial charge in [0, 0.05) is 13.0 Å². The number of halogens is 2. The predicted molar refractivity (Wildman–Crippen MR) is 111 cm³/mol. The van der Waals surface area contributed by atoms with Crippen LogP contribution in [0, 0.1) is 0 Å². The molecule has 4 rings (SSSR count). The monoisotopic (exact) mass is 430 g/mol. The summed E-state index contributed by atoms with van der Waals surface area (Å²) in [5, 5.41) is 8.06. The van der Waals surface area contributed by atoms with Gasteiger partial charge in [-0.3, -0.25) is 14.5 Å². The average molecular weight is 431 g/mol. The van der Waals surface area contributed by atoms with E-state index >= 15 is 0 Å². The molecule has 2 amide bonds. The van der Waals surface area contributed by atoms with Crippen LogP contribution in [0.4, 0.5) is 17.2 Å². The Morgan fingerprint density at radius 3 is 2.52 bits per heavy atom. The number of nitrogens with two attached hydrogens (primary N) is 1. The van der Waals surface area contributed by atoms with Gasteiger partial charge in [-0.05, 0) is 30.7 Å². The first-order chi connectivity index (χ1) is 13.9. The van der Waals surface area contributed by atoms with E-state index in [0.717, 1.165) is 6.42 Å². The molecular formula is C19H16Cl2N6O2. The van der Waals surface area contributed by atoms with Gasteiger partial charge in [-0.2, -0.15) is 5.10 Å². The number of carbonyl (C=O) groups excluding carboxylic acids is 2. The highest BCUT2D eigenvalue weighted by Crippen LogP contribution is 2.30. The van der Waals surface area contributed by atoms with Gasteiger partial charge in [0.1, 0.15) is 11.5 Å². The summed E-state index contributed by atoms with van der Waals surface area (Å²) in [6, 6.07) is 8.56. The zero-order valence-electron chi connectivity index (χ0n) is 15.1. The van der Waals surface area contributed by atoms with Crippen molar-refractivity contribution in [2.24, 2.45) is 5.73 Å². The topological polar surface area (TPSA) is 106 Å². The quantitative estimate of drug-likeness (QED) is 0.643. The normalized spacial score (nSPS) is 13.7. The Bertz CT molecular complexity index is 1080. The smallest absolute Gasteiger partial charge is 0.271 e. The van der Waals surface area contributed by atoms with Crippen LogP contribution in [0.5, 0.6) is 0 Å². The number of aromatic nitrogens is 3. The first-order valence-electron chi connectivity index (χ1n) is 8.81. The number of hydrogen-bond donors (Lipinski definition) is 2. The molecule has 148 valence electrons. The van der Waals surface area contributed by atoms with E-state index in [4.69, 9.17) is 28.9 Å². The minimum Gasteiger partial charge on any atom is -0.364 e. The number of carbonyl (C=O) groups is 2. The predicted octanol–water partition coefficient (Wildman–Crippen LogP) is 3.54. The molecule has 0 spiro atoms. The number of rotatable bonds is 5. The molecule has 8 nitrogen and oxygen atoms in total. The fraction of sp³-hybridized carbons (Fsp3) is 0.158. The number of primary amides is 1. The highest BCUT2D eigenvalue weighted by molar-refractivity contribution is 6.37. The van der Waals surface area contributed by atoms with Crippen molar-refractivity contribution in [1.29, 1.82) is 0 Å². The van der Waals surface area contributed by atoms with Crippen molar-refractivity contribution in [3.05, 3.63) is 58.5 Å². The molecule has 0 bridgehead atoms. The highest BCUT2D eigenvalue weighted by atomic mass is 35.5. The Balaban J connectivity index is 1.64. The maximum Gasteiger partial charge on any atom is 0.271 e. The molecule has 1 fully saturated rings. The van der Waals surface area contributed by atoms with Gasteiger partial charge in [-0.15, -0.1) is 0 Å². The van der Waals surface area contributed by atoms with Gasteiger partial charge < -0.3 is 11.1 Å². The van der Waals surface area contributed by atoms with Crippen molar-refractivity contribution in [3.8, 4) is 5.69 Å². The van der Waals surface area contributed by atoms with Gasteiger partial charge in [0.05, 0.1) is 33.8 Å². The summed E-state index contributed by atoms with van der Waals surface area (Å²) in [6.45, 7) is 0.662. The molecule has 0 radical (unpaired) electrons. The largest absolute Gasteiger partial charge is 0.364 e. The summed E-state index contributed by atoms with van der Waals surface area (Å²) < 4.78 is 1.40. The first kappa shape index (κ1) is 19.2. The van der Waals surface area contributed by atoms with Gasteiger partial charge in [0.25, 0.3) is 5.91 Å². The van der Waals surface area contributed by atoms with Crippen LogP contribution in [0.2, 0.25) is 10.0 Å². The van der Waals surface area contributed by atoms with E-state index in [1.54, 1.807) is 47.6 Å². The van der Waals surface area contributed by atoms with Crippen molar-refractivity contribution < 1.29 is 9.59 Å². The lowest BCUT2D eigenvalue weighted by atomic mass is 10.3. The molecule has 29 heavy (non-hydrogen) atoms. The Morgan fingerprint density at radius 2 is 1.93 bits per heavy atom. The summed E-state index contributed by atoms with van der Waals surface area (Å²) in [6.07, 6.45) is 4.51. The van der Waals surface area contributed by atoms with Gasteiger partial charge in [-0.25, -0.2) is 9.67 Å². The zero-order chi connectivity index (χ0) is 20.5. The zero-order valence-corrected chi connectivity index (χ0v) is 16.6. The molecule has 0 aliphatic carbocycles. The number of benzene rings is 1. The molecule has 1 saturated heterocycles. The van der Waals surface area contributed by atoms with Crippen LogP contribution in [0.25, 0.3) is 5.69 Å². The van der Waals surface area contributed by atoms with Crippen LogP contribution in [0.1, 0.15) is 23.3 Å². The molecule has 0 unspecified atom stereocenters. The van der Waals surface area contributed by atoms with E-state index in [1.165, 1.54) is 4.68 Å². The molecule has 3 N–H and O–H groups in total. The van der Waals surface area contributed by atoms with Crippen molar-refractivity contribution in [3.63, 3.8) is 0 Å². The van der Waals surface area contributed by atoms with Gasteiger partial charge >= 0.3 is 0 Å². The maximum atomic E-state index is 11.9. The van der Waals surface area contributed by atoms with Crippen LogP contribution in [0.15, 0.2) is 42.7 Å². The second-order valence-corrected chi connectivity index (χ2v) is 7.26. The third-order valence-electron chi connectivity index (χ3n) is 4.49. The Morgan fingerprint density at radius 1 is 1.17 bits per heavy atom. The number of anilines is 3. The summed E-state index contributed by atoms with van der Waals surface area (Å²) in [4.78, 5) is 29.7. The summed E-state index contributed by atoms with van der Waals surface area (Å²) in [7, 11) is 0. The van der Waals surface area contributed by atoms with Gasteiger partial charge in [-0.1, -0.05) is 29.3 Å². The third kappa shape index (κ3) is 3.76. The standard InChI is InChI=1S/C19H16Cl2N6O2/c20-12-3-1-4-13(21)18(12)27-10-14(17(25-27)19(22)29)24-11-6-7-15(23-9-11)26-8-2-5-16(26)28/h1,3-4,6-7,9-10,24H,2,5,8H2,(H2,22,29). The Labute approximate surface area is 176 Å². The lowest BCUT2D eigenvalue weighted by Crippen LogP contribution is -2.24. The molecule has 1 aliphatic heterocycles. The number of hydrogen-bond acceptors (Lipinski definition) is 5. The molecule has 0 saturated carbocycles. The molecule has 1 aliphatic rings. The van der Waals surface area contributed by atoms with E-state index in [-0.39, 0.29) is 11.6 Å². The molecule has 3 heterocycles. The van der Waals surface area contributed by atoms with Gasteiger partial charge in [0.15, 0.2) is 5.69 Å². The molecule has 2 aromatic heterocycles.